The first kappa shape index (κ1) is 16.3. The molecule has 1 aliphatic rings. The maximum absolute atomic E-state index is 12.6. The molecule has 21 heavy (non-hydrogen) atoms. The molecule has 1 aliphatic heterocycles. The van der Waals surface area contributed by atoms with Crippen LogP contribution in [-0.2, 0) is 10.0 Å². The van der Waals surface area contributed by atoms with E-state index < -0.39 is 10.0 Å². The summed E-state index contributed by atoms with van der Waals surface area (Å²) in [7, 11) is -3.38. The van der Waals surface area contributed by atoms with Crippen molar-refractivity contribution in [2.75, 3.05) is 39.3 Å². The predicted octanol–water partition coefficient (Wildman–Crippen LogP) is 1.80. The Balaban J connectivity index is 2.05. The van der Waals surface area contributed by atoms with Crippen LogP contribution >= 0.6 is 0 Å². The first-order chi connectivity index (χ1) is 10.1. The molecule has 1 heterocycles. The van der Waals surface area contributed by atoms with Crippen LogP contribution in [0.25, 0.3) is 0 Å². The Morgan fingerprint density at radius 3 is 2.19 bits per heavy atom. The lowest BCUT2D eigenvalue weighted by Crippen LogP contribution is -2.48. The molecule has 0 bridgehead atoms. The number of piperazine rings is 1. The molecule has 6 heteroatoms. The van der Waals surface area contributed by atoms with Gasteiger partial charge in [-0.25, -0.2) is 8.42 Å². The summed E-state index contributed by atoms with van der Waals surface area (Å²) in [6.07, 6.45) is 0.932. The van der Waals surface area contributed by atoms with Gasteiger partial charge in [0.25, 0.3) is 0 Å². The highest BCUT2D eigenvalue weighted by molar-refractivity contribution is 7.89. The van der Waals surface area contributed by atoms with Gasteiger partial charge in [-0.2, -0.15) is 4.31 Å². The third-order valence-electron chi connectivity index (χ3n) is 3.71. The van der Waals surface area contributed by atoms with Crippen molar-refractivity contribution in [3.63, 3.8) is 0 Å². The van der Waals surface area contributed by atoms with E-state index in [0.717, 1.165) is 26.1 Å². The molecule has 0 aliphatic carbocycles. The first-order valence-electron chi connectivity index (χ1n) is 7.53. The van der Waals surface area contributed by atoms with Crippen molar-refractivity contribution < 1.29 is 13.2 Å². The Morgan fingerprint density at radius 2 is 1.67 bits per heavy atom. The monoisotopic (exact) mass is 312 g/mol. The number of likely N-dealkylation sites (N-methyl/N-ethyl adjacent to an activating group) is 1. The number of sulfonamides is 1. The van der Waals surface area contributed by atoms with Gasteiger partial charge in [0.1, 0.15) is 5.75 Å². The summed E-state index contributed by atoms with van der Waals surface area (Å²) in [4.78, 5) is 2.60. The van der Waals surface area contributed by atoms with Gasteiger partial charge in [0.05, 0.1) is 11.5 Å². The average molecular weight is 312 g/mol. The minimum absolute atomic E-state index is 0.344. The number of benzene rings is 1. The molecule has 2 rings (SSSR count). The van der Waals surface area contributed by atoms with Crippen LogP contribution in [0.4, 0.5) is 0 Å². The van der Waals surface area contributed by atoms with E-state index in [-0.39, 0.29) is 0 Å². The SMILES string of the molecule is CCCOc1ccc(S(=O)(=O)N2CCN(CC)CC2)cc1. The second kappa shape index (κ2) is 7.24. The van der Waals surface area contributed by atoms with E-state index in [4.69, 9.17) is 4.74 Å². The zero-order valence-corrected chi connectivity index (χ0v) is 13.6. The smallest absolute Gasteiger partial charge is 0.243 e. The predicted molar refractivity (Wildman–Crippen MR) is 83.1 cm³/mol. The maximum Gasteiger partial charge on any atom is 0.243 e. The van der Waals surface area contributed by atoms with Crippen molar-refractivity contribution >= 4 is 10.0 Å². The molecule has 0 spiro atoms. The maximum atomic E-state index is 12.6. The van der Waals surface area contributed by atoms with Crippen LogP contribution in [-0.4, -0.2) is 57.0 Å². The zero-order chi connectivity index (χ0) is 15.3. The van der Waals surface area contributed by atoms with E-state index >= 15 is 0 Å². The Kier molecular flexibility index (Phi) is 5.61. The van der Waals surface area contributed by atoms with Crippen LogP contribution in [0.5, 0.6) is 5.75 Å². The van der Waals surface area contributed by atoms with Gasteiger partial charge >= 0.3 is 0 Å². The third kappa shape index (κ3) is 3.96. The highest BCUT2D eigenvalue weighted by Gasteiger charge is 2.27. The van der Waals surface area contributed by atoms with Crippen LogP contribution in [0.15, 0.2) is 29.2 Å². The zero-order valence-electron chi connectivity index (χ0n) is 12.8. The van der Waals surface area contributed by atoms with E-state index in [9.17, 15) is 8.42 Å². The first-order valence-corrected chi connectivity index (χ1v) is 8.97. The summed E-state index contributed by atoms with van der Waals surface area (Å²) in [5.41, 5.74) is 0. The fourth-order valence-corrected chi connectivity index (χ4v) is 3.79. The summed E-state index contributed by atoms with van der Waals surface area (Å²) in [6, 6.07) is 6.72. The van der Waals surface area contributed by atoms with Gasteiger partial charge in [0.15, 0.2) is 0 Å². The highest BCUT2D eigenvalue weighted by atomic mass is 32.2. The van der Waals surface area contributed by atoms with Crippen LogP contribution in [0, 0.1) is 0 Å². The van der Waals surface area contributed by atoms with Gasteiger partial charge in [-0.15, -0.1) is 0 Å². The number of ether oxygens (including phenoxy) is 1. The van der Waals surface area contributed by atoms with E-state index in [0.29, 0.717) is 30.3 Å². The van der Waals surface area contributed by atoms with Crippen molar-refractivity contribution in [1.82, 2.24) is 9.21 Å². The molecule has 118 valence electrons. The Hall–Kier alpha value is -1.11. The summed E-state index contributed by atoms with van der Waals surface area (Å²) in [5, 5.41) is 0. The average Bonchev–Trinajstić information content (AvgIpc) is 2.53. The largest absolute Gasteiger partial charge is 0.494 e. The second-order valence-corrected chi connectivity index (χ2v) is 7.10. The van der Waals surface area contributed by atoms with Crippen molar-refractivity contribution in [3.8, 4) is 5.75 Å². The molecule has 0 radical (unpaired) electrons. The van der Waals surface area contributed by atoms with Gasteiger partial charge in [0, 0.05) is 26.2 Å². The van der Waals surface area contributed by atoms with Gasteiger partial charge in [-0.3, -0.25) is 0 Å². The van der Waals surface area contributed by atoms with Gasteiger partial charge < -0.3 is 9.64 Å². The lowest BCUT2D eigenvalue weighted by atomic mass is 10.3. The Bertz CT molecular complexity index is 535. The quantitative estimate of drug-likeness (QED) is 0.804. The van der Waals surface area contributed by atoms with Crippen LogP contribution in [0.1, 0.15) is 20.3 Å². The second-order valence-electron chi connectivity index (χ2n) is 5.16. The fraction of sp³-hybridized carbons (Fsp3) is 0.600. The lowest BCUT2D eigenvalue weighted by molar-refractivity contribution is 0.196. The molecule has 1 fully saturated rings. The molecule has 0 unspecified atom stereocenters. The molecule has 1 aromatic rings. The summed E-state index contributed by atoms with van der Waals surface area (Å²) >= 11 is 0. The van der Waals surface area contributed by atoms with E-state index in [1.165, 1.54) is 0 Å². The van der Waals surface area contributed by atoms with Crippen LogP contribution in [0.2, 0.25) is 0 Å². The van der Waals surface area contributed by atoms with E-state index in [1.807, 2.05) is 6.92 Å². The molecular formula is C15H24N2O3S. The van der Waals surface area contributed by atoms with Crippen molar-refractivity contribution in [1.29, 1.82) is 0 Å². The fourth-order valence-electron chi connectivity index (χ4n) is 2.36. The Morgan fingerprint density at radius 1 is 1.05 bits per heavy atom. The highest BCUT2D eigenvalue weighted by Crippen LogP contribution is 2.20. The van der Waals surface area contributed by atoms with Gasteiger partial charge in [-0.05, 0) is 37.2 Å². The standard InChI is InChI=1S/C15H24N2O3S/c1-3-13-20-14-5-7-15(8-6-14)21(18,19)17-11-9-16(4-2)10-12-17/h5-8H,3-4,9-13H2,1-2H3. The number of hydrogen-bond acceptors (Lipinski definition) is 4. The lowest BCUT2D eigenvalue weighted by Gasteiger charge is -2.33. The summed E-state index contributed by atoms with van der Waals surface area (Å²) in [5.74, 6) is 0.714. The summed E-state index contributed by atoms with van der Waals surface area (Å²) in [6.45, 7) is 8.46. The minimum Gasteiger partial charge on any atom is -0.494 e. The third-order valence-corrected chi connectivity index (χ3v) is 5.63. The molecule has 5 nitrogen and oxygen atoms in total. The normalized spacial score (nSPS) is 17.8. The van der Waals surface area contributed by atoms with Crippen LogP contribution < -0.4 is 4.74 Å². The molecule has 1 saturated heterocycles. The minimum atomic E-state index is -3.38. The van der Waals surface area contributed by atoms with E-state index in [1.54, 1.807) is 28.6 Å². The molecule has 1 aromatic carbocycles. The topological polar surface area (TPSA) is 49.9 Å². The van der Waals surface area contributed by atoms with Crippen LogP contribution in [0.3, 0.4) is 0 Å². The van der Waals surface area contributed by atoms with Gasteiger partial charge in [0.2, 0.25) is 10.0 Å². The van der Waals surface area contributed by atoms with Crippen molar-refractivity contribution in [2.24, 2.45) is 0 Å². The molecule has 0 amide bonds. The Labute approximate surface area is 127 Å². The number of hydrogen-bond donors (Lipinski definition) is 0. The van der Waals surface area contributed by atoms with Crippen molar-refractivity contribution in [3.05, 3.63) is 24.3 Å². The molecule has 0 saturated carbocycles. The van der Waals surface area contributed by atoms with Crippen molar-refractivity contribution in [2.45, 2.75) is 25.2 Å². The molecule has 0 N–H and O–H groups in total. The van der Waals surface area contributed by atoms with Gasteiger partial charge in [-0.1, -0.05) is 13.8 Å². The summed E-state index contributed by atoms with van der Waals surface area (Å²) < 4.78 is 32.2. The molecule has 0 aromatic heterocycles. The number of nitrogens with zero attached hydrogens (tertiary/aromatic N) is 2. The number of rotatable bonds is 6. The molecular weight excluding hydrogens is 288 g/mol. The van der Waals surface area contributed by atoms with E-state index in [2.05, 4.69) is 11.8 Å². The molecule has 0 atom stereocenters.